The Balaban J connectivity index is 1.76. The molecule has 0 bridgehead atoms. The van der Waals surface area contributed by atoms with Crippen LogP contribution in [-0.2, 0) is 14.6 Å². The summed E-state index contributed by atoms with van der Waals surface area (Å²) in [5.41, 5.74) is 2.13. The lowest BCUT2D eigenvalue weighted by atomic mass is 10.0. The minimum Gasteiger partial charge on any atom is -0.497 e. The fourth-order valence-corrected chi connectivity index (χ4v) is 4.78. The van der Waals surface area contributed by atoms with Crippen molar-refractivity contribution in [3.8, 4) is 5.75 Å². The Kier molecular flexibility index (Phi) is 7.43. The molecule has 0 aliphatic carbocycles. The Hall–Kier alpha value is -3.03. The highest BCUT2D eigenvalue weighted by molar-refractivity contribution is 7.91. The summed E-state index contributed by atoms with van der Waals surface area (Å²) >= 11 is 6.07. The molecule has 8 heteroatoms. The van der Waals surface area contributed by atoms with E-state index in [0.29, 0.717) is 17.4 Å². The largest absolute Gasteiger partial charge is 0.497 e. The van der Waals surface area contributed by atoms with Gasteiger partial charge in [0.15, 0.2) is 0 Å². The zero-order valence-electron chi connectivity index (χ0n) is 18.1. The van der Waals surface area contributed by atoms with E-state index in [2.05, 4.69) is 24.5 Å². The third-order valence-electron chi connectivity index (χ3n) is 4.90. The second-order valence-electron chi connectivity index (χ2n) is 7.50. The number of methoxy groups -OCH3 is 1. The highest BCUT2D eigenvalue weighted by atomic mass is 35.5. The van der Waals surface area contributed by atoms with E-state index in [1.165, 1.54) is 30.9 Å². The summed E-state index contributed by atoms with van der Waals surface area (Å²) in [6.07, 6.45) is 0. The van der Waals surface area contributed by atoms with Crippen molar-refractivity contribution in [1.29, 1.82) is 0 Å². The summed E-state index contributed by atoms with van der Waals surface area (Å²) in [4.78, 5) is 12.5. The van der Waals surface area contributed by atoms with Gasteiger partial charge in [0.2, 0.25) is 15.7 Å². The molecule has 0 aromatic heterocycles. The molecule has 0 aliphatic rings. The minimum absolute atomic E-state index is 0.00995. The Bertz CT molecular complexity index is 1190. The molecule has 0 spiro atoms. The normalized spacial score (nSPS) is 11.3. The Morgan fingerprint density at radius 1 is 1.00 bits per heavy atom. The average Bonchev–Trinajstić information content (AvgIpc) is 2.78. The van der Waals surface area contributed by atoms with Crippen LogP contribution < -0.4 is 15.4 Å². The first-order chi connectivity index (χ1) is 15.2. The third kappa shape index (κ3) is 5.60. The van der Waals surface area contributed by atoms with Crippen LogP contribution in [0.2, 0.25) is 5.02 Å². The summed E-state index contributed by atoms with van der Waals surface area (Å²) < 4.78 is 31.5. The number of hydrogen-bond donors (Lipinski definition) is 2. The van der Waals surface area contributed by atoms with Gasteiger partial charge in [-0.15, -0.1) is 0 Å². The number of halogens is 1. The predicted octanol–water partition coefficient (Wildman–Crippen LogP) is 5.36. The van der Waals surface area contributed by atoms with Crippen LogP contribution >= 0.6 is 11.6 Å². The van der Waals surface area contributed by atoms with Crippen molar-refractivity contribution in [3.05, 3.63) is 77.3 Å². The van der Waals surface area contributed by atoms with Gasteiger partial charge in [0.05, 0.1) is 29.1 Å². The summed E-state index contributed by atoms with van der Waals surface area (Å²) in [7, 11) is -2.36. The Morgan fingerprint density at radius 3 is 2.25 bits per heavy atom. The molecule has 0 heterocycles. The van der Waals surface area contributed by atoms with Gasteiger partial charge < -0.3 is 15.4 Å². The first-order valence-corrected chi connectivity index (χ1v) is 11.9. The number of hydrogen-bond acceptors (Lipinski definition) is 5. The topological polar surface area (TPSA) is 84.5 Å². The number of rotatable bonds is 8. The van der Waals surface area contributed by atoms with Crippen molar-refractivity contribution in [2.45, 2.75) is 29.6 Å². The molecule has 2 N–H and O–H groups in total. The zero-order chi connectivity index (χ0) is 23.3. The highest BCUT2D eigenvalue weighted by Crippen LogP contribution is 2.31. The number of carbonyl (C=O) groups is 1. The molecule has 0 unspecified atom stereocenters. The molecule has 168 valence electrons. The van der Waals surface area contributed by atoms with Crippen molar-refractivity contribution in [2.24, 2.45) is 0 Å². The number of ether oxygens (including phenoxy) is 1. The first kappa shape index (κ1) is 23.6. The molecule has 0 saturated heterocycles. The minimum atomic E-state index is -3.87. The van der Waals surface area contributed by atoms with Crippen LogP contribution in [0.4, 0.5) is 11.4 Å². The van der Waals surface area contributed by atoms with E-state index in [1.807, 2.05) is 24.3 Å². The van der Waals surface area contributed by atoms with Crippen molar-refractivity contribution < 1.29 is 17.9 Å². The number of amides is 1. The first-order valence-electron chi connectivity index (χ1n) is 10.0. The Labute approximate surface area is 193 Å². The quantitative estimate of drug-likeness (QED) is 0.461. The molecule has 3 aromatic carbocycles. The van der Waals surface area contributed by atoms with Crippen LogP contribution in [0.25, 0.3) is 0 Å². The summed E-state index contributed by atoms with van der Waals surface area (Å²) in [6, 6.07) is 18.2. The van der Waals surface area contributed by atoms with Gasteiger partial charge in [-0.05, 0) is 66.1 Å². The van der Waals surface area contributed by atoms with E-state index in [9.17, 15) is 13.2 Å². The van der Waals surface area contributed by atoms with Gasteiger partial charge in [0, 0.05) is 10.7 Å². The van der Waals surface area contributed by atoms with E-state index in [-0.39, 0.29) is 33.0 Å². The van der Waals surface area contributed by atoms with Crippen molar-refractivity contribution in [3.63, 3.8) is 0 Å². The molecule has 0 radical (unpaired) electrons. The van der Waals surface area contributed by atoms with Crippen LogP contribution in [0.3, 0.4) is 0 Å². The van der Waals surface area contributed by atoms with Gasteiger partial charge in [0.25, 0.3) is 0 Å². The lowest BCUT2D eigenvalue weighted by molar-refractivity contribution is -0.114. The van der Waals surface area contributed by atoms with Crippen LogP contribution in [0, 0.1) is 0 Å². The molecule has 0 aliphatic heterocycles. The summed E-state index contributed by atoms with van der Waals surface area (Å²) in [5.74, 6) is 0.647. The monoisotopic (exact) mass is 472 g/mol. The van der Waals surface area contributed by atoms with Crippen molar-refractivity contribution in [1.82, 2.24) is 0 Å². The molecular weight excluding hydrogens is 448 g/mol. The summed E-state index contributed by atoms with van der Waals surface area (Å²) in [6.45, 7) is 4.08. The van der Waals surface area contributed by atoms with Gasteiger partial charge in [-0.2, -0.15) is 0 Å². The molecule has 3 aromatic rings. The smallest absolute Gasteiger partial charge is 0.243 e. The molecule has 3 rings (SSSR count). The molecule has 0 atom stereocenters. The van der Waals surface area contributed by atoms with Crippen LogP contribution in [0.5, 0.6) is 5.75 Å². The second kappa shape index (κ2) is 10.1. The number of nitrogens with one attached hydrogen (secondary N) is 2. The van der Waals surface area contributed by atoms with E-state index in [1.54, 1.807) is 24.3 Å². The maximum atomic E-state index is 13.2. The molecule has 6 nitrogen and oxygen atoms in total. The maximum absolute atomic E-state index is 13.2. The molecule has 1 amide bonds. The summed E-state index contributed by atoms with van der Waals surface area (Å²) in [5, 5.41) is 5.99. The zero-order valence-corrected chi connectivity index (χ0v) is 19.6. The number of anilines is 2. The van der Waals surface area contributed by atoms with Gasteiger partial charge >= 0.3 is 0 Å². The average molecular weight is 473 g/mol. The van der Waals surface area contributed by atoms with Gasteiger partial charge in [-0.25, -0.2) is 8.42 Å². The van der Waals surface area contributed by atoms with E-state index < -0.39 is 9.84 Å². The van der Waals surface area contributed by atoms with Crippen molar-refractivity contribution in [2.75, 3.05) is 24.3 Å². The number of benzene rings is 3. The molecule has 0 saturated carbocycles. The fourth-order valence-electron chi connectivity index (χ4n) is 3.08. The molecular formula is C24H25ClN2O4S. The van der Waals surface area contributed by atoms with E-state index in [4.69, 9.17) is 16.3 Å². The van der Waals surface area contributed by atoms with E-state index in [0.717, 1.165) is 0 Å². The number of sulfone groups is 1. The SMILES string of the molecule is COc1ccc(S(=O)(=O)c2cc(Cl)ccc2NCC(=O)Nc2ccc(C(C)C)cc2)cc1. The van der Waals surface area contributed by atoms with Crippen LogP contribution in [-0.4, -0.2) is 28.0 Å². The lowest BCUT2D eigenvalue weighted by Gasteiger charge is -2.14. The number of carbonyl (C=O) groups excluding carboxylic acids is 1. The standard InChI is InChI=1S/C24H25ClN2O4S/c1-16(2)17-4-7-19(8-5-17)27-24(28)15-26-22-13-6-18(25)14-23(22)32(29,30)21-11-9-20(31-3)10-12-21/h4-14,16,26H,15H2,1-3H3,(H,27,28). The van der Waals surface area contributed by atoms with Gasteiger partial charge in [0.1, 0.15) is 5.75 Å². The predicted molar refractivity (Wildman–Crippen MR) is 128 cm³/mol. The van der Waals surface area contributed by atoms with Crippen LogP contribution in [0.1, 0.15) is 25.3 Å². The fraction of sp³-hybridized carbons (Fsp3) is 0.208. The second-order valence-corrected chi connectivity index (χ2v) is 9.85. The Morgan fingerprint density at radius 2 is 1.66 bits per heavy atom. The van der Waals surface area contributed by atoms with Gasteiger partial charge in [-0.3, -0.25) is 4.79 Å². The lowest BCUT2D eigenvalue weighted by Crippen LogP contribution is -2.22. The third-order valence-corrected chi connectivity index (χ3v) is 6.95. The molecule has 32 heavy (non-hydrogen) atoms. The van der Waals surface area contributed by atoms with Gasteiger partial charge in [-0.1, -0.05) is 37.6 Å². The van der Waals surface area contributed by atoms with E-state index >= 15 is 0 Å². The maximum Gasteiger partial charge on any atom is 0.243 e. The van der Waals surface area contributed by atoms with Crippen molar-refractivity contribution >= 4 is 38.7 Å². The van der Waals surface area contributed by atoms with Crippen LogP contribution in [0.15, 0.2) is 76.5 Å². The molecule has 0 fully saturated rings. The highest BCUT2D eigenvalue weighted by Gasteiger charge is 2.22.